The normalized spacial score (nSPS) is 11.5. The second kappa shape index (κ2) is 11.6. The molecule has 1 atom stereocenters. The Morgan fingerprint density at radius 1 is 0.903 bits per heavy atom. The maximum Gasteiger partial charge on any atom is 0.408 e. The Balaban J connectivity index is 2.14. The van der Waals surface area contributed by atoms with Gasteiger partial charge in [0.15, 0.2) is 5.75 Å². The quantitative estimate of drug-likeness (QED) is 0.206. The van der Waals surface area contributed by atoms with Crippen molar-refractivity contribution in [1.82, 2.24) is 5.32 Å². The van der Waals surface area contributed by atoms with Gasteiger partial charge in [-0.05, 0) is 12.0 Å². The molecule has 2 aromatic rings. The van der Waals surface area contributed by atoms with Crippen LogP contribution < -0.4 is 15.8 Å². The number of nitrogens with one attached hydrogen (secondary N) is 1. The fourth-order valence-corrected chi connectivity index (χ4v) is 3.49. The van der Waals surface area contributed by atoms with E-state index in [9.17, 15) is 14.4 Å². The van der Waals surface area contributed by atoms with Crippen molar-refractivity contribution in [3.05, 3.63) is 61.0 Å². The molecule has 0 aliphatic rings. The number of halogens is 5. The summed E-state index contributed by atoms with van der Waals surface area (Å²) in [7, 11) is 0. The predicted octanol–water partition coefficient (Wildman–Crippen LogP) is 5.42. The molecule has 12 heteroatoms. The first-order chi connectivity index (χ1) is 14.6. The summed E-state index contributed by atoms with van der Waals surface area (Å²) in [5.74, 6) is -2.04. The molecule has 0 radical (unpaired) electrons. The molecule has 0 saturated heterocycles. The molecule has 0 aliphatic carbocycles. The smallest absolute Gasteiger partial charge is 0.408 e. The number of ether oxygens (including phenoxy) is 2. The van der Waals surface area contributed by atoms with Crippen LogP contribution in [0.15, 0.2) is 30.3 Å². The molecule has 166 valence electrons. The second-order valence-corrected chi connectivity index (χ2v) is 7.97. The molecule has 0 fully saturated rings. The molecule has 31 heavy (non-hydrogen) atoms. The van der Waals surface area contributed by atoms with E-state index in [1.165, 1.54) is 0 Å². The lowest BCUT2D eigenvalue weighted by molar-refractivity contribution is -0.136. The molecule has 0 bridgehead atoms. The fraction of sp³-hybridized carbons (Fsp3) is 0.211. The lowest BCUT2D eigenvalue weighted by Crippen LogP contribution is -2.43. The molecule has 0 heterocycles. The fourth-order valence-electron chi connectivity index (χ4n) is 2.29. The molecule has 3 N–H and O–H groups in total. The van der Waals surface area contributed by atoms with Gasteiger partial charge in [0.2, 0.25) is 5.91 Å². The molecule has 2 aromatic carbocycles. The third-order valence-electron chi connectivity index (χ3n) is 3.84. The largest absolute Gasteiger partial charge is 0.445 e. The highest BCUT2D eigenvalue weighted by atomic mass is 35.5. The van der Waals surface area contributed by atoms with Gasteiger partial charge in [0.1, 0.15) is 22.7 Å². The van der Waals surface area contributed by atoms with Crippen molar-refractivity contribution in [2.24, 2.45) is 5.73 Å². The Morgan fingerprint density at radius 3 is 2.00 bits per heavy atom. The average Bonchev–Trinajstić information content (AvgIpc) is 2.75. The highest BCUT2D eigenvalue weighted by molar-refractivity contribution is 6.55. The SMILES string of the molecule is NC(=O)CC[C@H](NC(=O)OCc1ccccc1)C(=O)Oc1c(Cl)c(Cl)c(Cl)c(Cl)c1Cl. The molecule has 0 aromatic heterocycles. The number of amides is 2. The predicted molar refractivity (Wildman–Crippen MR) is 119 cm³/mol. The number of hydrogen-bond acceptors (Lipinski definition) is 5. The van der Waals surface area contributed by atoms with E-state index in [1.807, 2.05) is 6.07 Å². The first-order valence-corrected chi connectivity index (χ1v) is 10.5. The molecule has 2 amide bonds. The zero-order valence-electron chi connectivity index (χ0n) is 15.6. The minimum absolute atomic E-state index is 0.0374. The van der Waals surface area contributed by atoms with Crippen LogP contribution in [0.5, 0.6) is 5.75 Å². The van der Waals surface area contributed by atoms with Gasteiger partial charge in [-0.3, -0.25) is 4.79 Å². The van der Waals surface area contributed by atoms with E-state index in [0.29, 0.717) is 0 Å². The van der Waals surface area contributed by atoms with Crippen molar-refractivity contribution in [1.29, 1.82) is 0 Å². The average molecular weight is 529 g/mol. The van der Waals surface area contributed by atoms with Crippen molar-refractivity contribution < 1.29 is 23.9 Å². The summed E-state index contributed by atoms with van der Waals surface area (Å²) in [5, 5.41) is 1.34. The van der Waals surface area contributed by atoms with E-state index in [4.69, 9.17) is 73.2 Å². The number of carbonyl (C=O) groups is 3. The summed E-state index contributed by atoms with van der Waals surface area (Å²) in [6.07, 6.45) is -1.30. The van der Waals surface area contributed by atoms with E-state index in [2.05, 4.69) is 5.32 Å². The first-order valence-electron chi connectivity index (χ1n) is 8.60. The van der Waals surface area contributed by atoms with Gasteiger partial charge in [-0.1, -0.05) is 88.3 Å². The van der Waals surface area contributed by atoms with Crippen molar-refractivity contribution in [2.45, 2.75) is 25.5 Å². The van der Waals surface area contributed by atoms with E-state index in [0.717, 1.165) is 5.56 Å². The van der Waals surface area contributed by atoms with Crippen molar-refractivity contribution in [2.75, 3.05) is 0 Å². The van der Waals surface area contributed by atoms with Gasteiger partial charge in [-0.15, -0.1) is 0 Å². The minimum Gasteiger partial charge on any atom is -0.445 e. The van der Waals surface area contributed by atoms with Crippen LogP contribution in [0, 0.1) is 0 Å². The molecule has 0 saturated carbocycles. The van der Waals surface area contributed by atoms with Crippen LogP contribution in [0.25, 0.3) is 0 Å². The van der Waals surface area contributed by atoms with E-state index < -0.39 is 24.0 Å². The Hall–Kier alpha value is -1.90. The van der Waals surface area contributed by atoms with Gasteiger partial charge in [0, 0.05) is 6.42 Å². The van der Waals surface area contributed by atoms with Gasteiger partial charge in [0.25, 0.3) is 0 Å². The van der Waals surface area contributed by atoms with E-state index in [1.54, 1.807) is 24.3 Å². The van der Waals surface area contributed by atoms with E-state index >= 15 is 0 Å². The van der Waals surface area contributed by atoms with Crippen molar-refractivity contribution >= 4 is 76.0 Å². The standard InChI is InChI=1S/C19H15Cl5N2O5/c20-12-13(21)15(23)17(16(24)14(12)22)31-18(28)10(6-7-11(25)27)26-19(29)30-8-9-4-2-1-3-5-9/h1-5,10H,6-8H2,(H2,25,27)(H,26,29)/t10-/m0/s1. The van der Waals surface area contributed by atoms with Crippen LogP contribution in [-0.2, 0) is 20.9 Å². The van der Waals surface area contributed by atoms with Crippen molar-refractivity contribution in [3.8, 4) is 5.75 Å². The summed E-state index contributed by atoms with van der Waals surface area (Å²) >= 11 is 29.9. The number of primary amides is 1. The monoisotopic (exact) mass is 526 g/mol. The molecule has 0 spiro atoms. The van der Waals surface area contributed by atoms with Gasteiger partial charge in [-0.25, -0.2) is 9.59 Å². The molecule has 2 rings (SSSR count). The topological polar surface area (TPSA) is 108 Å². The van der Waals surface area contributed by atoms with E-state index in [-0.39, 0.29) is 50.3 Å². The van der Waals surface area contributed by atoms with Crippen LogP contribution in [0.4, 0.5) is 4.79 Å². The molecular weight excluding hydrogens is 513 g/mol. The number of benzene rings is 2. The van der Waals surface area contributed by atoms with Crippen LogP contribution in [0.3, 0.4) is 0 Å². The lowest BCUT2D eigenvalue weighted by atomic mass is 10.1. The minimum atomic E-state index is -1.31. The number of esters is 1. The Morgan fingerprint density at radius 2 is 1.45 bits per heavy atom. The number of alkyl carbamates (subject to hydrolysis) is 1. The maximum absolute atomic E-state index is 12.7. The Kier molecular flexibility index (Phi) is 9.53. The van der Waals surface area contributed by atoms with Gasteiger partial charge >= 0.3 is 12.1 Å². The number of rotatable bonds is 8. The Bertz CT molecular complexity index is 958. The van der Waals surface area contributed by atoms with Gasteiger partial charge in [0.05, 0.1) is 15.1 Å². The van der Waals surface area contributed by atoms with Crippen LogP contribution in [0.1, 0.15) is 18.4 Å². The van der Waals surface area contributed by atoms with Gasteiger partial charge < -0.3 is 20.5 Å². The summed E-state index contributed by atoms with van der Waals surface area (Å²) in [6, 6.07) is 7.56. The maximum atomic E-state index is 12.7. The summed E-state index contributed by atoms with van der Waals surface area (Å²) in [5.41, 5.74) is 5.87. The zero-order valence-corrected chi connectivity index (χ0v) is 19.4. The highest BCUT2D eigenvalue weighted by Gasteiger charge is 2.28. The Labute approximate surface area is 202 Å². The summed E-state index contributed by atoms with van der Waals surface area (Å²) in [4.78, 5) is 36.0. The highest BCUT2D eigenvalue weighted by Crippen LogP contribution is 2.48. The van der Waals surface area contributed by atoms with Gasteiger partial charge in [-0.2, -0.15) is 0 Å². The zero-order chi connectivity index (χ0) is 23.1. The first kappa shape index (κ1) is 25.4. The van der Waals surface area contributed by atoms with Crippen LogP contribution in [0.2, 0.25) is 25.1 Å². The number of nitrogens with two attached hydrogens (primary N) is 1. The molecular formula is C19H15Cl5N2O5. The molecule has 0 aliphatic heterocycles. The van der Waals surface area contributed by atoms with Crippen molar-refractivity contribution in [3.63, 3.8) is 0 Å². The van der Waals surface area contributed by atoms with Crippen LogP contribution in [-0.4, -0.2) is 24.0 Å². The molecule has 7 nitrogen and oxygen atoms in total. The van der Waals surface area contributed by atoms with Crippen LogP contribution >= 0.6 is 58.0 Å². The summed E-state index contributed by atoms with van der Waals surface area (Å²) in [6.45, 7) is -0.0374. The number of carbonyl (C=O) groups excluding carboxylic acids is 3. The summed E-state index contributed by atoms with van der Waals surface area (Å²) < 4.78 is 10.3. The second-order valence-electron chi connectivity index (χ2n) is 6.08. The molecule has 0 unspecified atom stereocenters. The number of hydrogen-bond donors (Lipinski definition) is 2. The third-order valence-corrected chi connectivity index (χ3v) is 6.08. The third kappa shape index (κ3) is 7.05. The lowest BCUT2D eigenvalue weighted by Gasteiger charge is -2.19.